The first kappa shape index (κ1) is 24.4. The fraction of sp³-hybridized carbons (Fsp3) is 0.579. The van der Waals surface area contributed by atoms with Gasteiger partial charge in [0.25, 0.3) is 0 Å². The molecule has 30 heavy (non-hydrogen) atoms. The van der Waals surface area contributed by atoms with Gasteiger partial charge in [-0.15, -0.1) is 0 Å². The molecule has 2 aliphatic heterocycles. The SMILES string of the molecule is Fc1cccc(Cl)c1CN([C@H]1CCNC1)[C@H]1CCOC1.O=C(O)[C@H](O)[C@@H](O)C(=O)O. The monoisotopic (exact) mass is 448 g/mol. The first-order chi connectivity index (χ1) is 14.2. The molecule has 0 aromatic heterocycles. The van der Waals surface area contributed by atoms with E-state index in [9.17, 15) is 14.0 Å². The summed E-state index contributed by atoms with van der Waals surface area (Å²) < 4.78 is 19.5. The number of carbonyl (C=O) groups is 2. The Morgan fingerprint density at radius 1 is 1.20 bits per heavy atom. The highest BCUT2D eigenvalue weighted by atomic mass is 35.5. The molecule has 3 rings (SSSR count). The van der Waals surface area contributed by atoms with Gasteiger partial charge in [0, 0.05) is 42.4 Å². The summed E-state index contributed by atoms with van der Waals surface area (Å²) in [7, 11) is 0. The molecule has 2 saturated heterocycles. The number of benzene rings is 1. The smallest absolute Gasteiger partial charge is 0.335 e. The third-order valence-electron chi connectivity index (χ3n) is 5.09. The van der Waals surface area contributed by atoms with Crippen molar-refractivity contribution in [2.24, 2.45) is 0 Å². The van der Waals surface area contributed by atoms with Crippen molar-refractivity contribution in [3.05, 3.63) is 34.6 Å². The molecular formula is C19H26ClFN2O7. The number of nitrogens with zero attached hydrogens (tertiary/aromatic N) is 1. The normalized spacial score (nSPS) is 23.0. The number of rotatable bonds is 7. The molecule has 0 amide bonds. The number of carboxylic acid groups (broad SMARTS) is 2. The van der Waals surface area contributed by atoms with E-state index in [4.69, 9.17) is 36.8 Å². The second kappa shape index (κ2) is 11.5. The van der Waals surface area contributed by atoms with Crippen LogP contribution in [0.3, 0.4) is 0 Å². The van der Waals surface area contributed by atoms with Crippen LogP contribution in [0.4, 0.5) is 4.39 Å². The highest BCUT2D eigenvalue weighted by molar-refractivity contribution is 6.31. The van der Waals surface area contributed by atoms with Gasteiger partial charge in [0.15, 0.2) is 12.2 Å². The lowest BCUT2D eigenvalue weighted by Crippen LogP contribution is -2.44. The van der Waals surface area contributed by atoms with Crippen molar-refractivity contribution in [1.82, 2.24) is 10.2 Å². The van der Waals surface area contributed by atoms with Crippen molar-refractivity contribution in [3.8, 4) is 0 Å². The minimum atomic E-state index is -2.27. The standard InChI is InChI=1S/C15H20ClFN2O.C4H6O6/c16-14-2-1-3-15(17)13(14)9-19(11-4-6-18-8-11)12-5-7-20-10-12;5-1(3(7)8)2(6)4(9)10/h1-3,11-12,18H,4-10H2;1-2,5-6H,(H,7,8)(H,9,10)/t11-,12-;1-,2-/m01/s1. The quantitative estimate of drug-likeness (QED) is 0.398. The van der Waals surface area contributed by atoms with Crippen LogP contribution in [-0.4, -0.2) is 87.9 Å². The molecular weight excluding hydrogens is 423 g/mol. The average molecular weight is 449 g/mol. The summed E-state index contributed by atoms with van der Waals surface area (Å²) in [4.78, 5) is 21.9. The van der Waals surface area contributed by atoms with E-state index < -0.39 is 24.1 Å². The molecule has 0 aliphatic carbocycles. The molecule has 0 spiro atoms. The van der Waals surface area contributed by atoms with Crippen LogP contribution in [-0.2, 0) is 20.9 Å². The van der Waals surface area contributed by atoms with Gasteiger partial charge in [0.1, 0.15) is 5.82 Å². The summed E-state index contributed by atoms with van der Waals surface area (Å²) in [6.07, 6.45) is -2.42. The Kier molecular flexibility index (Phi) is 9.40. The molecule has 2 heterocycles. The lowest BCUT2D eigenvalue weighted by molar-refractivity contribution is -0.165. The van der Waals surface area contributed by atoms with Gasteiger partial charge < -0.3 is 30.5 Å². The third kappa shape index (κ3) is 6.59. The van der Waals surface area contributed by atoms with E-state index in [1.165, 1.54) is 6.07 Å². The van der Waals surface area contributed by atoms with Crippen molar-refractivity contribution in [3.63, 3.8) is 0 Å². The molecule has 0 radical (unpaired) electrons. The van der Waals surface area contributed by atoms with E-state index in [1.54, 1.807) is 12.1 Å². The summed E-state index contributed by atoms with van der Waals surface area (Å²) in [5, 5.41) is 36.4. The topological polar surface area (TPSA) is 140 Å². The van der Waals surface area contributed by atoms with Crippen LogP contribution in [0.5, 0.6) is 0 Å². The van der Waals surface area contributed by atoms with Gasteiger partial charge in [-0.3, -0.25) is 4.90 Å². The zero-order valence-electron chi connectivity index (χ0n) is 16.2. The van der Waals surface area contributed by atoms with Crippen molar-refractivity contribution < 1.29 is 39.1 Å². The predicted octanol–water partition coefficient (Wildman–Crippen LogP) is 0.309. The third-order valence-corrected chi connectivity index (χ3v) is 5.44. The van der Waals surface area contributed by atoms with E-state index in [-0.39, 0.29) is 5.82 Å². The van der Waals surface area contributed by atoms with Gasteiger partial charge in [-0.2, -0.15) is 0 Å². The fourth-order valence-electron chi connectivity index (χ4n) is 3.40. The maximum atomic E-state index is 14.0. The molecule has 2 aliphatic rings. The number of carboxylic acids is 2. The van der Waals surface area contributed by atoms with Crippen LogP contribution >= 0.6 is 11.6 Å². The van der Waals surface area contributed by atoms with Crippen molar-refractivity contribution in [2.45, 2.75) is 43.7 Å². The minimum absolute atomic E-state index is 0.215. The van der Waals surface area contributed by atoms with Gasteiger partial charge in [-0.25, -0.2) is 14.0 Å². The van der Waals surface area contributed by atoms with E-state index in [0.29, 0.717) is 29.2 Å². The number of hydrogen-bond donors (Lipinski definition) is 5. The second-order valence-electron chi connectivity index (χ2n) is 7.10. The molecule has 11 heteroatoms. The molecule has 2 fully saturated rings. The summed E-state index contributed by atoms with van der Waals surface area (Å²) in [5.41, 5.74) is 0.605. The first-order valence-electron chi connectivity index (χ1n) is 9.51. The Morgan fingerprint density at radius 2 is 1.87 bits per heavy atom. The molecule has 9 nitrogen and oxygen atoms in total. The minimum Gasteiger partial charge on any atom is -0.479 e. The first-order valence-corrected chi connectivity index (χ1v) is 9.89. The van der Waals surface area contributed by atoms with E-state index in [0.717, 1.165) is 39.1 Å². The summed E-state index contributed by atoms with van der Waals surface area (Å²) >= 11 is 6.17. The molecule has 5 N–H and O–H groups in total. The Labute approximate surface area is 178 Å². The molecule has 0 unspecified atom stereocenters. The van der Waals surface area contributed by atoms with Crippen LogP contribution in [0, 0.1) is 5.82 Å². The van der Waals surface area contributed by atoms with Crippen LogP contribution in [0.2, 0.25) is 5.02 Å². The fourth-order valence-corrected chi connectivity index (χ4v) is 3.62. The molecule has 168 valence electrons. The number of aliphatic carboxylic acids is 2. The largest absolute Gasteiger partial charge is 0.479 e. The average Bonchev–Trinajstić information content (AvgIpc) is 3.41. The number of halogens is 2. The van der Waals surface area contributed by atoms with Crippen molar-refractivity contribution in [2.75, 3.05) is 26.3 Å². The number of hydrogen-bond acceptors (Lipinski definition) is 7. The number of aliphatic hydroxyl groups excluding tert-OH is 2. The molecule has 0 bridgehead atoms. The number of nitrogens with one attached hydrogen (secondary N) is 1. The van der Waals surface area contributed by atoms with Crippen LogP contribution in [0.1, 0.15) is 18.4 Å². The van der Waals surface area contributed by atoms with Crippen LogP contribution < -0.4 is 5.32 Å². The Morgan fingerprint density at radius 3 is 2.33 bits per heavy atom. The molecule has 1 aromatic carbocycles. The van der Waals surface area contributed by atoms with Crippen molar-refractivity contribution >= 4 is 23.5 Å². The second-order valence-corrected chi connectivity index (χ2v) is 7.51. The van der Waals surface area contributed by atoms with E-state index in [1.807, 2.05) is 0 Å². The summed E-state index contributed by atoms with van der Waals surface area (Å²) in [6, 6.07) is 5.71. The number of ether oxygens (including phenoxy) is 1. The Balaban J connectivity index is 0.000000274. The lowest BCUT2D eigenvalue weighted by Gasteiger charge is -2.33. The van der Waals surface area contributed by atoms with Gasteiger partial charge in [0.2, 0.25) is 0 Å². The van der Waals surface area contributed by atoms with E-state index in [2.05, 4.69) is 10.2 Å². The lowest BCUT2D eigenvalue weighted by atomic mass is 10.1. The molecule has 1 aromatic rings. The highest BCUT2D eigenvalue weighted by Gasteiger charge is 2.32. The molecule has 0 saturated carbocycles. The zero-order valence-corrected chi connectivity index (χ0v) is 17.0. The predicted molar refractivity (Wildman–Crippen MR) is 105 cm³/mol. The number of aliphatic hydroxyl groups is 2. The zero-order chi connectivity index (χ0) is 22.3. The van der Waals surface area contributed by atoms with Gasteiger partial charge >= 0.3 is 11.9 Å². The van der Waals surface area contributed by atoms with Gasteiger partial charge in [0.05, 0.1) is 6.61 Å². The Hall–Kier alpha value is -1.82. The maximum Gasteiger partial charge on any atom is 0.335 e. The van der Waals surface area contributed by atoms with Gasteiger partial charge in [-0.05, 0) is 31.5 Å². The Bertz CT molecular complexity index is 673. The van der Waals surface area contributed by atoms with Crippen LogP contribution in [0.25, 0.3) is 0 Å². The van der Waals surface area contributed by atoms with Crippen LogP contribution in [0.15, 0.2) is 18.2 Å². The van der Waals surface area contributed by atoms with E-state index >= 15 is 0 Å². The molecule has 4 atom stereocenters. The maximum absolute atomic E-state index is 14.0. The summed E-state index contributed by atoms with van der Waals surface area (Å²) in [6.45, 7) is 4.09. The van der Waals surface area contributed by atoms with Crippen molar-refractivity contribution in [1.29, 1.82) is 0 Å². The van der Waals surface area contributed by atoms with Gasteiger partial charge in [-0.1, -0.05) is 17.7 Å². The highest BCUT2D eigenvalue weighted by Crippen LogP contribution is 2.26. The summed E-state index contributed by atoms with van der Waals surface area (Å²) in [5.74, 6) is -3.75.